The van der Waals surface area contributed by atoms with Gasteiger partial charge in [-0.05, 0) is 0 Å². The Morgan fingerprint density at radius 3 is 1.56 bits per heavy atom. The predicted molar refractivity (Wildman–Crippen MR) is 108 cm³/mol. The second-order valence-electron chi connectivity index (χ2n) is 6.03. The molecule has 136 valence electrons. The number of benzene rings is 2. The molecule has 0 saturated carbocycles. The normalized spacial score (nSPS) is 12.6. The number of nitrogen functional groups attached to an aromatic ring is 2. The van der Waals surface area contributed by atoms with E-state index >= 15 is 0 Å². The summed E-state index contributed by atoms with van der Waals surface area (Å²) in [5.74, 6) is 1.28. The highest BCUT2D eigenvalue weighted by Crippen LogP contribution is 2.54. The number of hydrogen-bond acceptors (Lipinski definition) is 5. The summed E-state index contributed by atoms with van der Waals surface area (Å²) in [5, 5.41) is 15.8. The Bertz CT molecular complexity index is 976. The van der Waals surface area contributed by atoms with Crippen LogP contribution in [0.2, 0.25) is 0 Å². The Hall–Kier alpha value is -3.32. The first kappa shape index (κ1) is 17.1. The standard InChI is InChI=1S/C20H18N4O2S/c21-19(22)13-7-3-1-5-11(13)17-15-16(26-10-9-25-15)18(27-17)12-6-2-4-8-14(12)20(23)24/h1-8H,9-10H2,(H3,21,22)(H3,23,24). The van der Waals surface area contributed by atoms with Crippen LogP contribution in [0.5, 0.6) is 11.5 Å². The Labute approximate surface area is 160 Å². The van der Waals surface area contributed by atoms with Crippen molar-refractivity contribution in [3.63, 3.8) is 0 Å². The number of amidine groups is 2. The summed E-state index contributed by atoms with van der Waals surface area (Å²) in [4.78, 5) is 1.70. The van der Waals surface area contributed by atoms with Crippen LogP contribution < -0.4 is 20.9 Å². The summed E-state index contributed by atoms with van der Waals surface area (Å²) in [6.07, 6.45) is 0. The summed E-state index contributed by atoms with van der Waals surface area (Å²) in [7, 11) is 0. The molecule has 0 atom stereocenters. The Morgan fingerprint density at radius 1 is 0.741 bits per heavy atom. The summed E-state index contributed by atoms with van der Waals surface area (Å²) in [6, 6.07) is 15.0. The van der Waals surface area contributed by atoms with Gasteiger partial charge in [0.05, 0.1) is 9.75 Å². The van der Waals surface area contributed by atoms with Gasteiger partial charge in [0.2, 0.25) is 0 Å². The Balaban J connectivity index is 1.98. The number of nitrogens with two attached hydrogens (primary N) is 2. The smallest absolute Gasteiger partial charge is 0.180 e. The lowest BCUT2D eigenvalue weighted by Crippen LogP contribution is -2.16. The van der Waals surface area contributed by atoms with Gasteiger partial charge in [0.15, 0.2) is 11.5 Å². The molecule has 0 unspecified atom stereocenters. The lowest BCUT2D eigenvalue weighted by atomic mass is 10.0. The van der Waals surface area contributed by atoms with Crippen LogP contribution in [0.4, 0.5) is 0 Å². The number of ether oxygens (including phenoxy) is 2. The van der Waals surface area contributed by atoms with Gasteiger partial charge in [-0.3, -0.25) is 10.8 Å². The van der Waals surface area contributed by atoms with Gasteiger partial charge in [0.1, 0.15) is 24.9 Å². The minimum atomic E-state index is -0.00448. The van der Waals surface area contributed by atoms with Gasteiger partial charge >= 0.3 is 0 Å². The second kappa shape index (κ2) is 6.77. The second-order valence-corrected chi connectivity index (χ2v) is 7.05. The molecule has 27 heavy (non-hydrogen) atoms. The molecular weight excluding hydrogens is 360 g/mol. The van der Waals surface area contributed by atoms with E-state index in [0.717, 1.165) is 20.9 Å². The SMILES string of the molecule is N=C(N)c1ccccc1-c1sc(-c2ccccc2C(=N)N)c2c1OCCO2. The average molecular weight is 378 g/mol. The van der Waals surface area contributed by atoms with E-state index in [0.29, 0.717) is 35.8 Å². The van der Waals surface area contributed by atoms with Gasteiger partial charge < -0.3 is 20.9 Å². The summed E-state index contributed by atoms with van der Waals surface area (Å²) < 4.78 is 11.9. The molecule has 0 aliphatic carbocycles. The number of hydrogen-bond donors (Lipinski definition) is 4. The number of thiophene rings is 1. The molecule has 0 saturated heterocycles. The molecule has 0 fully saturated rings. The molecule has 2 aromatic carbocycles. The minimum absolute atomic E-state index is 0.00448. The van der Waals surface area contributed by atoms with Crippen LogP contribution in [0.15, 0.2) is 48.5 Å². The maximum Gasteiger partial charge on any atom is 0.180 e. The van der Waals surface area contributed by atoms with Gasteiger partial charge in [-0.25, -0.2) is 0 Å². The van der Waals surface area contributed by atoms with E-state index in [9.17, 15) is 0 Å². The lowest BCUT2D eigenvalue weighted by Gasteiger charge is -2.18. The molecule has 0 bridgehead atoms. The average Bonchev–Trinajstić information content (AvgIpc) is 3.07. The third-order valence-electron chi connectivity index (χ3n) is 4.32. The molecule has 4 rings (SSSR count). The highest BCUT2D eigenvalue weighted by molar-refractivity contribution is 7.19. The van der Waals surface area contributed by atoms with E-state index in [2.05, 4.69) is 0 Å². The maximum atomic E-state index is 7.89. The summed E-state index contributed by atoms with van der Waals surface area (Å²) in [5.41, 5.74) is 14.5. The van der Waals surface area contributed by atoms with Gasteiger partial charge in [0, 0.05) is 22.3 Å². The molecule has 0 amide bonds. The monoisotopic (exact) mass is 378 g/mol. The van der Waals surface area contributed by atoms with Crippen LogP contribution in [0, 0.1) is 10.8 Å². The first-order valence-corrected chi connectivity index (χ1v) is 9.19. The number of fused-ring (bicyclic) bond motifs is 1. The predicted octanol–water partition coefficient (Wildman–Crippen LogP) is 3.42. The first-order chi connectivity index (χ1) is 13.1. The fourth-order valence-corrected chi connectivity index (χ4v) is 4.41. The van der Waals surface area contributed by atoms with E-state index in [1.807, 2.05) is 48.5 Å². The zero-order chi connectivity index (χ0) is 19.0. The summed E-state index contributed by atoms with van der Waals surface area (Å²) >= 11 is 1.49. The molecule has 1 aliphatic heterocycles. The molecule has 7 heteroatoms. The molecular formula is C20H18N4O2S. The largest absolute Gasteiger partial charge is 0.485 e. The topological polar surface area (TPSA) is 118 Å². The van der Waals surface area contributed by atoms with Gasteiger partial charge in [-0.2, -0.15) is 0 Å². The molecule has 1 aromatic heterocycles. The summed E-state index contributed by atoms with van der Waals surface area (Å²) in [6.45, 7) is 0.902. The molecule has 2 heterocycles. The third kappa shape index (κ3) is 2.92. The molecule has 0 radical (unpaired) electrons. The van der Waals surface area contributed by atoms with Crippen LogP contribution in [-0.2, 0) is 0 Å². The highest BCUT2D eigenvalue weighted by Gasteiger charge is 2.28. The van der Waals surface area contributed by atoms with Crippen molar-refractivity contribution < 1.29 is 9.47 Å². The Kier molecular flexibility index (Phi) is 4.29. The maximum absolute atomic E-state index is 7.89. The van der Waals surface area contributed by atoms with Crippen molar-refractivity contribution in [1.29, 1.82) is 10.8 Å². The van der Waals surface area contributed by atoms with Crippen molar-refractivity contribution in [2.75, 3.05) is 13.2 Å². The van der Waals surface area contributed by atoms with Crippen molar-refractivity contribution >= 4 is 23.0 Å². The van der Waals surface area contributed by atoms with Crippen LogP contribution in [0.1, 0.15) is 11.1 Å². The molecule has 6 N–H and O–H groups in total. The lowest BCUT2D eigenvalue weighted by molar-refractivity contribution is 0.175. The van der Waals surface area contributed by atoms with Gasteiger partial charge in [0.25, 0.3) is 0 Å². The molecule has 6 nitrogen and oxygen atoms in total. The van der Waals surface area contributed by atoms with Crippen molar-refractivity contribution in [2.24, 2.45) is 11.5 Å². The fraction of sp³-hybridized carbons (Fsp3) is 0.100. The van der Waals surface area contributed by atoms with Crippen molar-refractivity contribution in [1.82, 2.24) is 0 Å². The molecule has 0 spiro atoms. The zero-order valence-electron chi connectivity index (χ0n) is 14.4. The highest BCUT2D eigenvalue weighted by atomic mass is 32.1. The Morgan fingerprint density at radius 2 is 1.15 bits per heavy atom. The minimum Gasteiger partial charge on any atom is -0.485 e. The van der Waals surface area contributed by atoms with E-state index < -0.39 is 0 Å². The third-order valence-corrected chi connectivity index (χ3v) is 5.54. The van der Waals surface area contributed by atoms with E-state index in [1.165, 1.54) is 11.3 Å². The van der Waals surface area contributed by atoms with Crippen LogP contribution >= 0.6 is 11.3 Å². The molecule has 3 aromatic rings. The zero-order valence-corrected chi connectivity index (χ0v) is 15.2. The van der Waals surface area contributed by atoms with E-state index in [4.69, 9.17) is 31.8 Å². The first-order valence-electron chi connectivity index (χ1n) is 8.38. The van der Waals surface area contributed by atoms with E-state index in [-0.39, 0.29) is 11.7 Å². The fourth-order valence-electron chi connectivity index (χ4n) is 3.14. The van der Waals surface area contributed by atoms with E-state index in [1.54, 1.807) is 0 Å². The van der Waals surface area contributed by atoms with Crippen molar-refractivity contribution in [2.45, 2.75) is 0 Å². The number of rotatable bonds is 4. The van der Waals surface area contributed by atoms with Gasteiger partial charge in [-0.1, -0.05) is 48.5 Å². The number of nitrogens with one attached hydrogen (secondary N) is 2. The van der Waals surface area contributed by atoms with Crippen molar-refractivity contribution in [3.8, 4) is 32.4 Å². The van der Waals surface area contributed by atoms with Crippen molar-refractivity contribution in [3.05, 3.63) is 59.7 Å². The van der Waals surface area contributed by atoms with Crippen LogP contribution in [0.25, 0.3) is 20.9 Å². The van der Waals surface area contributed by atoms with Crippen LogP contribution in [-0.4, -0.2) is 24.9 Å². The van der Waals surface area contributed by atoms with Gasteiger partial charge in [-0.15, -0.1) is 11.3 Å². The molecule has 1 aliphatic rings. The quantitative estimate of drug-likeness (QED) is 0.411. The van der Waals surface area contributed by atoms with Crippen LogP contribution in [0.3, 0.4) is 0 Å².